The summed E-state index contributed by atoms with van der Waals surface area (Å²) in [4.78, 5) is 6.53. The van der Waals surface area contributed by atoms with Gasteiger partial charge in [-0.2, -0.15) is 11.8 Å². The molecule has 1 aliphatic rings. The molecule has 1 aliphatic heterocycles. The predicted octanol–water partition coefficient (Wildman–Crippen LogP) is 2.95. The Morgan fingerprint density at radius 3 is 2.96 bits per heavy atom. The van der Waals surface area contributed by atoms with Gasteiger partial charge in [0.05, 0.1) is 24.5 Å². The maximum Gasteiger partial charge on any atom is 0.126 e. The van der Waals surface area contributed by atoms with E-state index in [9.17, 15) is 0 Å². The third kappa shape index (κ3) is 3.98. The van der Waals surface area contributed by atoms with Crippen LogP contribution in [0.5, 0.6) is 0 Å². The smallest absolute Gasteiger partial charge is 0.126 e. The third-order valence-corrected chi connectivity index (χ3v) is 5.24. The molecule has 0 spiro atoms. The van der Waals surface area contributed by atoms with Gasteiger partial charge in [0, 0.05) is 19.3 Å². The second-order valence-electron chi connectivity index (χ2n) is 5.77. The highest BCUT2D eigenvalue weighted by atomic mass is 32.2. The second-order valence-corrected chi connectivity index (χ2v) is 6.92. The third-order valence-electron chi connectivity index (χ3n) is 4.18. The number of fused-ring (bicyclic) bond motifs is 1. The molecule has 2 N–H and O–H groups in total. The van der Waals surface area contributed by atoms with Crippen LogP contribution in [0, 0.1) is 0 Å². The number of aryl methyl sites for hydroxylation is 1. The number of aliphatic hydroxyl groups is 1. The number of hydrogen-bond acceptors (Lipinski definition) is 5. The van der Waals surface area contributed by atoms with Crippen LogP contribution in [0.3, 0.4) is 0 Å². The lowest BCUT2D eigenvalue weighted by Crippen LogP contribution is -2.21. The van der Waals surface area contributed by atoms with E-state index < -0.39 is 0 Å². The van der Waals surface area contributed by atoms with Gasteiger partial charge in [-0.25, -0.2) is 4.98 Å². The quantitative estimate of drug-likeness (QED) is 0.883. The standard InChI is InChI=1S/C18H23N3OS/c1-21(9-10-22)15-6-7-18(19-12-15)20-17-13-23-11-8-14-4-2-3-5-16(14)17/h2-7,12,17,22H,8-11,13H2,1H3,(H,19,20). The number of nitrogens with one attached hydrogen (secondary N) is 1. The summed E-state index contributed by atoms with van der Waals surface area (Å²) in [7, 11) is 1.96. The summed E-state index contributed by atoms with van der Waals surface area (Å²) in [6.45, 7) is 0.758. The number of aromatic nitrogens is 1. The van der Waals surface area contributed by atoms with Crippen molar-refractivity contribution in [1.82, 2.24) is 4.98 Å². The van der Waals surface area contributed by atoms with Crippen LogP contribution in [-0.2, 0) is 6.42 Å². The maximum atomic E-state index is 9.01. The summed E-state index contributed by atoms with van der Waals surface area (Å²) in [5.41, 5.74) is 3.84. The number of aliphatic hydroxyl groups excluding tert-OH is 1. The van der Waals surface area contributed by atoms with Gasteiger partial charge >= 0.3 is 0 Å². The molecule has 1 aromatic carbocycles. The van der Waals surface area contributed by atoms with Crippen LogP contribution < -0.4 is 10.2 Å². The fourth-order valence-corrected chi connectivity index (χ4v) is 3.88. The molecule has 0 saturated carbocycles. The first-order valence-corrected chi connectivity index (χ1v) is 9.13. The van der Waals surface area contributed by atoms with E-state index in [4.69, 9.17) is 5.11 Å². The van der Waals surface area contributed by atoms with E-state index in [0.29, 0.717) is 12.6 Å². The van der Waals surface area contributed by atoms with Gasteiger partial charge in [-0.15, -0.1) is 0 Å². The van der Waals surface area contributed by atoms with E-state index in [2.05, 4.69) is 34.6 Å². The molecule has 1 unspecified atom stereocenters. The lowest BCUT2D eigenvalue weighted by atomic mass is 10.00. The first-order valence-electron chi connectivity index (χ1n) is 7.98. The Morgan fingerprint density at radius 2 is 2.17 bits per heavy atom. The fraction of sp³-hybridized carbons (Fsp3) is 0.389. The molecule has 0 amide bonds. The zero-order valence-electron chi connectivity index (χ0n) is 13.4. The van der Waals surface area contributed by atoms with Crippen LogP contribution in [-0.4, -0.2) is 41.8 Å². The minimum atomic E-state index is 0.145. The topological polar surface area (TPSA) is 48.4 Å². The average Bonchev–Trinajstić information content (AvgIpc) is 2.78. The molecule has 122 valence electrons. The second kappa shape index (κ2) is 7.70. The molecule has 23 heavy (non-hydrogen) atoms. The Bertz CT molecular complexity index is 632. The Morgan fingerprint density at radius 1 is 1.30 bits per heavy atom. The molecule has 2 aromatic rings. The van der Waals surface area contributed by atoms with Crippen LogP contribution in [0.4, 0.5) is 11.5 Å². The van der Waals surface area contributed by atoms with Gasteiger partial charge in [0.25, 0.3) is 0 Å². The van der Waals surface area contributed by atoms with E-state index in [1.165, 1.54) is 16.9 Å². The summed E-state index contributed by atoms with van der Waals surface area (Å²) < 4.78 is 0. The van der Waals surface area contributed by atoms with Gasteiger partial charge in [-0.3, -0.25) is 0 Å². The van der Waals surface area contributed by atoms with Crippen LogP contribution in [0.15, 0.2) is 42.6 Å². The Labute approximate surface area is 141 Å². The normalized spacial score (nSPS) is 17.2. The molecule has 0 fully saturated rings. The SMILES string of the molecule is CN(CCO)c1ccc(NC2CSCCc3ccccc32)nc1. The highest BCUT2D eigenvalue weighted by Crippen LogP contribution is 2.30. The van der Waals surface area contributed by atoms with Gasteiger partial charge in [-0.05, 0) is 35.4 Å². The van der Waals surface area contributed by atoms with Crippen molar-refractivity contribution in [2.75, 3.05) is 41.9 Å². The van der Waals surface area contributed by atoms with Crippen molar-refractivity contribution in [1.29, 1.82) is 0 Å². The number of benzene rings is 1. The number of hydrogen-bond donors (Lipinski definition) is 2. The Balaban J connectivity index is 1.74. The van der Waals surface area contributed by atoms with Crippen molar-refractivity contribution >= 4 is 23.3 Å². The highest BCUT2D eigenvalue weighted by Gasteiger charge is 2.18. The lowest BCUT2D eigenvalue weighted by Gasteiger charge is -2.21. The molecule has 1 atom stereocenters. The van der Waals surface area contributed by atoms with Gasteiger partial charge in [-0.1, -0.05) is 24.3 Å². The summed E-state index contributed by atoms with van der Waals surface area (Å²) >= 11 is 1.99. The molecule has 3 rings (SSSR count). The summed E-state index contributed by atoms with van der Waals surface area (Å²) in [5.74, 6) is 3.13. The lowest BCUT2D eigenvalue weighted by molar-refractivity contribution is 0.304. The number of pyridine rings is 1. The van der Waals surface area contributed by atoms with E-state index >= 15 is 0 Å². The predicted molar refractivity (Wildman–Crippen MR) is 98.4 cm³/mol. The zero-order chi connectivity index (χ0) is 16.1. The molecule has 0 aliphatic carbocycles. The Kier molecular flexibility index (Phi) is 5.41. The van der Waals surface area contributed by atoms with Crippen molar-refractivity contribution in [2.24, 2.45) is 0 Å². The Hall–Kier alpha value is -1.72. The minimum Gasteiger partial charge on any atom is -0.395 e. The van der Waals surface area contributed by atoms with Gasteiger partial charge < -0.3 is 15.3 Å². The number of thioether (sulfide) groups is 1. The van der Waals surface area contributed by atoms with Crippen molar-refractivity contribution in [3.05, 3.63) is 53.7 Å². The summed E-state index contributed by atoms with van der Waals surface area (Å²) in [6.07, 6.45) is 2.99. The zero-order valence-corrected chi connectivity index (χ0v) is 14.2. The van der Waals surface area contributed by atoms with Crippen molar-refractivity contribution < 1.29 is 5.11 Å². The average molecular weight is 329 g/mol. The van der Waals surface area contributed by atoms with E-state index in [1.54, 1.807) is 0 Å². The monoisotopic (exact) mass is 329 g/mol. The minimum absolute atomic E-state index is 0.145. The largest absolute Gasteiger partial charge is 0.395 e. The van der Waals surface area contributed by atoms with E-state index in [-0.39, 0.29) is 6.61 Å². The van der Waals surface area contributed by atoms with E-state index in [0.717, 1.165) is 23.7 Å². The molecule has 0 saturated heterocycles. The number of rotatable bonds is 5. The highest BCUT2D eigenvalue weighted by molar-refractivity contribution is 7.99. The molecular formula is C18H23N3OS. The van der Waals surface area contributed by atoms with Gasteiger partial charge in [0.1, 0.15) is 5.82 Å². The molecule has 2 heterocycles. The van der Waals surface area contributed by atoms with Crippen molar-refractivity contribution in [3.8, 4) is 0 Å². The van der Waals surface area contributed by atoms with E-state index in [1.807, 2.05) is 42.0 Å². The molecular weight excluding hydrogens is 306 g/mol. The number of likely N-dealkylation sites (N-methyl/N-ethyl adjacent to an activating group) is 1. The van der Waals surface area contributed by atoms with Gasteiger partial charge in [0.2, 0.25) is 0 Å². The first-order chi connectivity index (χ1) is 11.3. The molecule has 1 aromatic heterocycles. The molecule has 5 heteroatoms. The number of anilines is 2. The van der Waals surface area contributed by atoms with Crippen molar-refractivity contribution in [2.45, 2.75) is 12.5 Å². The maximum absolute atomic E-state index is 9.01. The van der Waals surface area contributed by atoms with Crippen LogP contribution in [0.2, 0.25) is 0 Å². The molecule has 0 radical (unpaired) electrons. The molecule has 0 bridgehead atoms. The van der Waals surface area contributed by atoms with Gasteiger partial charge in [0.15, 0.2) is 0 Å². The van der Waals surface area contributed by atoms with Crippen LogP contribution >= 0.6 is 11.8 Å². The van der Waals surface area contributed by atoms with Crippen LogP contribution in [0.1, 0.15) is 17.2 Å². The van der Waals surface area contributed by atoms with Crippen LogP contribution in [0.25, 0.3) is 0 Å². The summed E-state index contributed by atoms with van der Waals surface area (Å²) in [6, 6.07) is 13.0. The fourth-order valence-electron chi connectivity index (χ4n) is 2.85. The number of nitrogens with zero attached hydrogens (tertiary/aromatic N) is 2. The summed E-state index contributed by atoms with van der Waals surface area (Å²) in [5, 5.41) is 12.6. The molecule has 4 nitrogen and oxygen atoms in total. The first kappa shape index (κ1) is 16.1. The van der Waals surface area contributed by atoms with Crippen molar-refractivity contribution in [3.63, 3.8) is 0 Å².